The van der Waals surface area contributed by atoms with E-state index >= 15 is 0 Å². The van der Waals surface area contributed by atoms with Crippen LogP contribution in [0.2, 0.25) is 0 Å². The van der Waals surface area contributed by atoms with Crippen LogP contribution >= 0.6 is 11.3 Å². The van der Waals surface area contributed by atoms with Gasteiger partial charge in [-0.2, -0.15) is 0 Å². The quantitative estimate of drug-likeness (QED) is 0.898. The maximum atomic E-state index is 10.8. The van der Waals surface area contributed by atoms with Gasteiger partial charge in [0.05, 0.1) is 18.3 Å². The van der Waals surface area contributed by atoms with E-state index < -0.39 is 6.10 Å². The zero-order valence-electron chi connectivity index (χ0n) is 11.5. The van der Waals surface area contributed by atoms with Gasteiger partial charge in [0.15, 0.2) is 0 Å². The number of thiophene rings is 1. The second-order valence-corrected chi connectivity index (χ2v) is 6.53. The fourth-order valence-electron chi connectivity index (χ4n) is 3.29. The minimum Gasteiger partial charge on any atom is -0.388 e. The molecule has 1 fully saturated rings. The zero-order chi connectivity index (χ0) is 13.6. The molecular weight excluding hydrogens is 256 g/mol. The number of aliphatic hydroxyl groups excluding tert-OH is 1. The summed E-state index contributed by atoms with van der Waals surface area (Å²) in [6.07, 6.45) is -0.121. The molecular formula is C16H20O2S. The smallest absolute Gasteiger partial charge is 0.0860 e. The molecule has 102 valence electrons. The lowest BCUT2D eigenvalue weighted by molar-refractivity contribution is 0.0236. The Balaban J connectivity index is 2.00. The molecule has 5 unspecified atom stereocenters. The Kier molecular flexibility index (Phi) is 3.37. The van der Waals surface area contributed by atoms with E-state index in [1.165, 1.54) is 10.1 Å². The molecule has 2 heterocycles. The SMILES string of the molecule is CC1OC(C)C(C(O)c2cccc3ccsc23)C1C. The van der Waals surface area contributed by atoms with Gasteiger partial charge in [-0.1, -0.05) is 25.1 Å². The maximum Gasteiger partial charge on any atom is 0.0860 e. The van der Waals surface area contributed by atoms with Crippen LogP contribution in [0.25, 0.3) is 10.1 Å². The van der Waals surface area contributed by atoms with Crippen molar-refractivity contribution < 1.29 is 9.84 Å². The summed E-state index contributed by atoms with van der Waals surface area (Å²) in [5.74, 6) is 0.544. The Morgan fingerprint density at radius 3 is 2.63 bits per heavy atom. The molecule has 0 saturated carbocycles. The Morgan fingerprint density at radius 2 is 1.95 bits per heavy atom. The van der Waals surface area contributed by atoms with E-state index in [9.17, 15) is 5.11 Å². The molecule has 19 heavy (non-hydrogen) atoms. The molecule has 1 aromatic heterocycles. The van der Waals surface area contributed by atoms with Crippen LogP contribution in [0, 0.1) is 11.8 Å². The summed E-state index contributed by atoms with van der Waals surface area (Å²) in [6, 6.07) is 8.29. The van der Waals surface area contributed by atoms with E-state index in [2.05, 4.69) is 38.3 Å². The third-order valence-corrected chi connectivity index (χ3v) is 5.49. The van der Waals surface area contributed by atoms with E-state index in [0.29, 0.717) is 5.92 Å². The van der Waals surface area contributed by atoms with Crippen LogP contribution in [0.4, 0.5) is 0 Å². The molecule has 1 N–H and O–H groups in total. The number of rotatable bonds is 2. The van der Waals surface area contributed by atoms with E-state index in [-0.39, 0.29) is 18.1 Å². The predicted octanol–water partition coefficient (Wildman–Crippen LogP) is 3.99. The standard InChI is InChI=1S/C16H20O2S/c1-9-10(2)18-11(3)14(9)15(17)13-6-4-5-12-7-8-19-16(12)13/h4-11,14-15,17H,1-3H3. The van der Waals surface area contributed by atoms with Gasteiger partial charge in [-0.3, -0.25) is 0 Å². The second kappa shape index (κ2) is 4.89. The van der Waals surface area contributed by atoms with Crippen LogP contribution in [0.15, 0.2) is 29.6 Å². The molecule has 3 rings (SSSR count). The minimum absolute atomic E-state index is 0.107. The van der Waals surface area contributed by atoms with E-state index in [4.69, 9.17) is 4.74 Å². The number of aliphatic hydroxyl groups is 1. The molecule has 0 aliphatic carbocycles. The van der Waals surface area contributed by atoms with Crippen molar-refractivity contribution in [3.05, 3.63) is 35.2 Å². The summed E-state index contributed by atoms with van der Waals surface area (Å²) >= 11 is 1.70. The first-order chi connectivity index (χ1) is 9.09. The van der Waals surface area contributed by atoms with Gasteiger partial charge < -0.3 is 9.84 Å². The molecule has 1 aromatic carbocycles. The highest BCUT2D eigenvalue weighted by atomic mass is 32.1. The summed E-state index contributed by atoms with van der Waals surface area (Å²) in [4.78, 5) is 0. The Labute approximate surface area is 118 Å². The number of hydrogen-bond acceptors (Lipinski definition) is 3. The largest absolute Gasteiger partial charge is 0.388 e. The van der Waals surface area contributed by atoms with E-state index in [1.54, 1.807) is 11.3 Å². The molecule has 0 spiro atoms. The maximum absolute atomic E-state index is 10.8. The summed E-state index contributed by atoms with van der Waals surface area (Å²) in [5.41, 5.74) is 1.05. The zero-order valence-corrected chi connectivity index (χ0v) is 12.4. The van der Waals surface area contributed by atoms with Crippen molar-refractivity contribution in [2.45, 2.75) is 39.1 Å². The number of fused-ring (bicyclic) bond motifs is 1. The monoisotopic (exact) mass is 276 g/mol. The Hall–Kier alpha value is -0.900. The fraction of sp³-hybridized carbons (Fsp3) is 0.500. The van der Waals surface area contributed by atoms with Crippen molar-refractivity contribution in [2.75, 3.05) is 0 Å². The normalized spacial score (nSPS) is 32.8. The molecule has 1 aliphatic heterocycles. The van der Waals surface area contributed by atoms with Gasteiger partial charge in [0.25, 0.3) is 0 Å². The number of hydrogen-bond donors (Lipinski definition) is 1. The summed E-state index contributed by atoms with van der Waals surface area (Å²) in [7, 11) is 0. The first-order valence-corrected chi connectivity index (χ1v) is 7.77. The second-order valence-electron chi connectivity index (χ2n) is 5.61. The topological polar surface area (TPSA) is 29.5 Å². The van der Waals surface area contributed by atoms with Crippen molar-refractivity contribution >= 4 is 21.4 Å². The molecule has 2 nitrogen and oxygen atoms in total. The van der Waals surface area contributed by atoms with Gasteiger partial charge in [0.2, 0.25) is 0 Å². The first-order valence-electron chi connectivity index (χ1n) is 6.89. The number of ether oxygens (including phenoxy) is 1. The van der Waals surface area contributed by atoms with Crippen LogP contribution in [-0.2, 0) is 4.74 Å². The van der Waals surface area contributed by atoms with Crippen molar-refractivity contribution in [1.29, 1.82) is 0 Å². The molecule has 0 amide bonds. The number of benzene rings is 1. The van der Waals surface area contributed by atoms with Crippen molar-refractivity contribution in [1.82, 2.24) is 0 Å². The van der Waals surface area contributed by atoms with Gasteiger partial charge in [0.1, 0.15) is 0 Å². The molecule has 3 heteroatoms. The molecule has 0 radical (unpaired) electrons. The third-order valence-electron chi connectivity index (χ3n) is 4.51. The highest BCUT2D eigenvalue weighted by Gasteiger charge is 2.42. The summed E-state index contributed by atoms with van der Waals surface area (Å²) in [5, 5.41) is 14.1. The van der Waals surface area contributed by atoms with Crippen LogP contribution in [0.5, 0.6) is 0 Å². The predicted molar refractivity (Wildman–Crippen MR) is 79.4 cm³/mol. The van der Waals surface area contributed by atoms with Gasteiger partial charge in [-0.05, 0) is 42.2 Å². The average molecular weight is 276 g/mol. The molecule has 0 bridgehead atoms. The molecule has 5 atom stereocenters. The average Bonchev–Trinajstić information content (AvgIpc) is 2.94. The van der Waals surface area contributed by atoms with Gasteiger partial charge >= 0.3 is 0 Å². The lowest BCUT2D eigenvalue weighted by atomic mass is 9.82. The fourth-order valence-corrected chi connectivity index (χ4v) is 4.24. The highest BCUT2D eigenvalue weighted by Crippen LogP contribution is 2.42. The third kappa shape index (κ3) is 2.10. The molecule has 1 saturated heterocycles. The van der Waals surface area contributed by atoms with Crippen LogP contribution < -0.4 is 0 Å². The van der Waals surface area contributed by atoms with Crippen molar-refractivity contribution in [3.63, 3.8) is 0 Å². The molecule has 2 aromatic rings. The minimum atomic E-state index is -0.447. The van der Waals surface area contributed by atoms with Crippen molar-refractivity contribution in [3.8, 4) is 0 Å². The molecule has 1 aliphatic rings. The first kappa shape index (κ1) is 13.1. The lowest BCUT2D eigenvalue weighted by Crippen LogP contribution is -2.25. The van der Waals surface area contributed by atoms with Crippen molar-refractivity contribution in [2.24, 2.45) is 11.8 Å². The van der Waals surface area contributed by atoms with Gasteiger partial charge in [-0.15, -0.1) is 11.3 Å². The van der Waals surface area contributed by atoms with Crippen LogP contribution in [0.1, 0.15) is 32.4 Å². The lowest BCUT2D eigenvalue weighted by Gasteiger charge is -2.25. The summed E-state index contributed by atoms with van der Waals surface area (Å²) in [6.45, 7) is 6.35. The Bertz CT molecular complexity index is 577. The van der Waals surface area contributed by atoms with Gasteiger partial charge in [-0.25, -0.2) is 0 Å². The highest BCUT2D eigenvalue weighted by molar-refractivity contribution is 7.17. The van der Waals surface area contributed by atoms with Gasteiger partial charge in [0, 0.05) is 10.6 Å². The summed E-state index contributed by atoms with van der Waals surface area (Å²) < 4.78 is 7.07. The van der Waals surface area contributed by atoms with E-state index in [1.807, 2.05) is 12.1 Å². The van der Waals surface area contributed by atoms with E-state index in [0.717, 1.165) is 5.56 Å². The Morgan fingerprint density at radius 1 is 1.16 bits per heavy atom. The van der Waals surface area contributed by atoms with Crippen LogP contribution in [-0.4, -0.2) is 17.3 Å². The van der Waals surface area contributed by atoms with Crippen LogP contribution in [0.3, 0.4) is 0 Å².